The van der Waals surface area contributed by atoms with E-state index < -0.39 is 0 Å². The molecule has 0 fully saturated rings. The van der Waals surface area contributed by atoms with Crippen LogP contribution in [-0.4, -0.2) is 22.4 Å². The summed E-state index contributed by atoms with van der Waals surface area (Å²) in [5.74, 6) is 0.682. The molecular weight excluding hydrogens is 276 g/mol. The molecule has 1 aromatic heterocycles. The van der Waals surface area contributed by atoms with Gasteiger partial charge in [-0.1, -0.05) is 44.2 Å². The van der Waals surface area contributed by atoms with E-state index in [1.165, 1.54) is 0 Å². The largest absolute Gasteiger partial charge is 0.350 e. The molecule has 0 saturated carbocycles. The van der Waals surface area contributed by atoms with Gasteiger partial charge >= 0.3 is 0 Å². The molecule has 2 rings (SSSR count). The molecule has 1 amide bonds. The van der Waals surface area contributed by atoms with E-state index in [9.17, 15) is 4.79 Å². The maximum atomic E-state index is 12.0. The van der Waals surface area contributed by atoms with E-state index in [0.717, 1.165) is 5.56 Å². The first-order valence-corrected chi connectivity index (χ1v) is 7.49. The summed E-state index contributed by atoms with van der Waals surface area (Å²) in [5, 5.41) is 6.07. The lowest BCUT2D eigenvalue weighted by molar-refractivity contribution is 0.0944. The molecule has 1 aromatic carbocycles. The molecule has 2 N–H and O–H groups in total. The Labute approximate surface area is 131 Å². The number of amides is 1. The fraction of sp³-hybridized carbons (Fsp3) is 0.353. The molecule has 1 unspecified atom stereocenters. The highest BCUT2D eigenvalue weighted by Gasteiger charge is 2.11. The highest BCUT2D eigenvalue weighted by Crippen LogP contribution is 2.16. The van der Waals surface area contributed by atoms with E-state index in [1.54, 1.807) is 12.3 Å². The molecule has 5 heteroatoms. The molecule has 0 aliphatic heterocycles. The molecule has 0 saturated heterocycles. The topological polar surface area (TPSA) is 66.9 Å². The van der Waals surface area contributed by atoms with Gasteiger partial charge in [-0.15, -0.1) is 0 Å². The quantitative estimate of drug-likeness (QED) is 0.860. The Balaban J connectivity index is 2.03. The van der Waals surface area contributed by atoms with Crippen molar-refractivity contribution in [3.05, 3.63) is 53.9 Å². The lowest BCUT2D eigenvalue weighted by atomic mass is 10.1. The molecule has 22 heavy (non-hydrogen) atoms. The first-order valence-electron chi connectivity index (χ1n) is 7.49. The Morgan fingerprint density at radius 3 is 2.55 bits per heavy atom. The van der Waals surface area contributed by atoms with Crippen LogP contribution in [0.4, 0.5) is 5.95 Å². The van der Waals surface area contributed by atoms with Gasteiger partial charge in [-0.2, -0.15) is 0 Å². The zero-order chi connectivity index (χ0) is 15.9. The van der Waals surface area contributed by atoms with E-state index in [4.69, 9.17) is 0 Å². The van der Waals surface area contributed by atoms with Crippen LogP contribution in [0.15, 0.2) is 42.6 Å². The molecule has 1 atom stereocenters. The number of nitrogens with one attached hydrogen (secondary N) is 2. The minimum absolute atomic E-state index is 0.0650. The van der Waals surface area contributed by atoms with Gasteiger partial charge in [-0.3, -0.25) is 4.79 Å². The van der Waals surface area contributed by atoms with Gasteiger partial charge in [0.25, 0.3) is 5.91 Å². The fourth-order valence-electron chi connectivity index (χ4n) is 1.96. The molecule has 116 valence electrons. The molecule has 0 aliphatic rings. The summed E-state index contributed by atoms with van der Waals surface area (Å²) in [6.45, 7) is 6.76. The predicted molar refractivity (Wildman–Crippen MR) is 87.7 cm³/mol. The van der Waals surface area contributed by atoms with Crippen LogP contribution in [0.2, 0.25) is 0 Å². The lowest BCUT2D eigenvalue weighted by Gasteiger charge is -2.14. The second kappa shape index (κ2) is 7.54. The SMILES string of the molecule is CC(C)CNC(=O)c1ccnc(NC(C)c2ccccc2)n1. The van der Waals surface area contributed by atoms with E-state index in [2.05, 4.69) is 34.4 Å². The first kappa shape index (κ1) is 15.9. The maximum absolute atomic E-state index is 12.0. The van der Waals surface area contributed by atoms with Crippen molar-refractivity contribution in [3.63, 3.8) is 0 Å². The minimum Gasteiger partial charge on any atom is -0.350 e. The molecule has 0 radical (unpaired) electrons. The Morgan fingerprint density at radius 2 is 1.86 bits per heavy atom. The molecule has 1 heterocycles. The van der Waals surface area contributed by atoms with E-state index in [0.29, 0.717) is 24.1 Å². The van der Waals surface area contributed by atoms with Gasteiger partial charge in [-0.25, -0.2) is 9.97 Å². The van der Waals surface area contributed by atoms with Crippen molar-refractivity contribution < 1.29 is 4.79 Å². The van der Waals surface area contributed by atoms with E-state index in [1.807, 2.05) is 37.3 Å². The second-order valence-electron chi connectivity index (χ2n) is 5.65. The third-order valence-corrected chi connectivity index (χ3v) is 3.20. The average molecular weight is 298 g/mol. The summed E-state index contributed by atoms with van der Waals surface area (Å²) < 4.78 is 0. The van der Waals surface area contributed by atoms with Crippen molar-refractivity contribution >= 4 is 11.9 Å². The van der Waals surface area contributed by atoms with Crippen molar-refractivity contribution in [3.8, 4) is 0 Å². The predicted octanol–water partition coefficient (Wildman–Crippen LogP) is 3.04. The summed E-state index contributed by atoms with van der Waals surface area (Å²) >= 11 is 0. The van der Waals surface area contributed by atoms with Crippen molar-refractivity contribution in [2.24, 2.45) is 5.92 Å². The van der Waals surface area contributed by atoms with Crippen molar-refractivity contribution in [1.82, 2.24) is 15.3 Å². The molecule has 2 aromatic rings. The second-order valence-corrected chi connectivity index (χ2v) is 5.65. The molecule has 0 bridgehead atoms. The summed E-state index contributed by atoms with van der Waals surface area (Å²) in [4.78, 5) is 20.5. The normalized spacial score (nSPS) is 12.0. The van der Waals surface area contributed by atoms with Crippen LogP contribution >= 0.6 is 0 Å². The first-order chi connectivity index (χ1) is 10.6. The Hall–Kier alpha value is -2.43. The van der Waals surface area contributed by atoms with Gasteiger partial charge in [-0.05, 0) is 24.5 Å². The maximum Gasteiger partial charge on any atom is 0.270 e. The van der Waals surface area contributed by atoms with Gasteiger partial charge in [0.05, 0.1) is 6.04 Å². The van der Waals surface area contributed by atoms with E-state index >= 15 is 0 Å². The number of nitrogens with zero attached hydrogens (tertiary/aromatic N) is 2. The molecule has 0 aliphatic carbocycles. The van der Waals surface area contributed by atoms with Crippen LogP contribution in [0, 0.1) is 5.92 Å². The highest BCUT2D eigenvalue weighted by molar-refractivity contribution is 5.92. The third kappa shape index (κ3) is 4.55. The summed E-state index contributed by atoms with van der Waals surface area (Å²) in [6, 6.07) is 11.7. The standard InChI is InChI=1S/C17H22N4O/c1-12(2)11-19-16(22)15-9-10-18-17(21-15)20-13(3)14-7-5-4-6-8-14/h4-10,12-13H,11H2,1-3H3,(H,19,22)(H,18,20,21). The van der Waals surface area contributed by atoms with Gasteiger partial charge in [0.15, 0.2) is 0 Å². The number of aromatic nitrogens is 2. The molecule has 5 nitrogen and oxygen atoms in total. The smallest absolute Gasteiger partial charge is 0.270 e. The lowest BCUT2D eigenvalue weighted by Crippen LogP contribution is -2.28. The molecular formula is C17H22N4O. The summed E-state index contributed by atoms with van der Waals surface area (Å²) in [6.07, 6.45) is 1.59. The molecule has 0 spiro atoms. The zero-order valence-electron chi connectivity index (χ0n) is 13.2. The number of rotatable bonds is 6. The number of hydrogen-bond acceptors (Lipinski definition) is 4. The number of carbonyl (C=O) groups excluding carboxylic acids is 1. The Morgan fingerprint density at radius 1 is 1.14 bits per heavy atom. The Kier molecular flexibility index (Phi) is 5.47. The van der Waals surface area contributed by atoms with Crippen LogP contribution in [0.3, 0.4) is 0 Å². The van der Waals surface area contributed by atoms with Gasteiger partial charge in [0.2, 0.25) is 5.95 Å². The summed E-state index contributed by atoms with van der Waals surface area (Å²) in [5.41, 5.74) is 1.51. The van der Waals surface area contributed by atoms with Crippen LogP contribution in [-0.2, 0) is 0 Å². The zero-order valence-corrected chi connectivity index (χ0v) is 13.2. The third-order valence-electron chi connectivity index (χ3n) is 3.20. The van der Waals surface area contributed by atoms with Crippen LogP contribution in [0.1, 0.15) is 42.9 Å². The van der Waals surface area contributed by atoms with Crippen LogP contribution < -0.4 is 10.6 Å². The number of benzene rings is 1. The minimum atomic E-state index is -0.175. The van der Waals surface area contributed by atoms with Crippen molar-refractivity contribution in [2.45, 2.75) is 26.8 Å². The van der Waals surface area contributed by atoms with Crippen molar-refractivity contribution in [1.29, 1.82) is 0 Å². The van der Waals surface area contributed by atoms with Crippen LogP contribution in [0.25, 0.3) is 0 Å². The fourth-order valence-corrected chi connectivity index (χ4v) is 1.96. The van der Waals surface area contributed by atoms with E-state index in [-0.39, 0.29) is 11.9 Å². The summed E-state index contributed by atoms with van der Waals surface area (Å²) in [7, 11) is 0. The van der Waals surface area contributed by atoms with Gasteiger partial charge < -0.3 is 10.6 Å². The highest BCUT2D eigenvalue weighted by atomic mass is 16.1. The Bertz CT molecular complexity index is 613. The number of anilines is 1. The monoisotopic (exact) mass is 298 g/mol. The average Bonchev–Trinajstić information content (AvgIpc) is 2.53. The van der Waals surface area contributed by atoms with Gasteiger partial charge in [0.1, 0.15) is 5.69 Å². The van der Waals surface area contributed by atoms with Crippen LogP contribution in [0.5, 0.6) is 0 Å². The number of hydrogen-bond donors (Lipinski definition) is 2. The van der Waals surface area contributed by atoms with Crippen molar-refractivity contribution in [2.75, 3.05) is 11.9 Å². The number of carbonyl (C=O) groups is 1. The van der Waals surface area contributed by atoms with Gasteiger partial charge in [0, 0.05) is 12.7 Å².